The third kappa shape index (κ3) is 4.29. The number of hydrogen-bond donors (Lipinski definition) is 0. The number of hydrogen-bond acceptors (Lipinski definition) is 2. The Balaban J connectivity index is 3.46. The number of ether oxygens (including phenoxy) is 1. The van der Waals surface area contributed by atoms with Crippen LogP contribution in [0.5, 0.6) is 0 Å². The molecule has 0 radical (unpaired) electrons. The lowest BCUT2D eigenvalue weighted by molar-refractivity contribution is -0.143. The van der Waals surface area contributed by atoms with Crippen molar-refractivity contribution >= 4 is 5.91 Å². The molecule has 1 saturated heterocycles. The van der Waals surface area contributed by atoms with Crippen LogP contribution < -0.4 is 0 Å². The molecular formula is C20H39NO2. The Bertz CT molecular complexity index is 387. The van der Waals surface area contributed by atoms with Crippen molar-refractivity contribution < 1.29 is 9.53 Å². The zero-order valence-corrected chi connectivity index (χ0v) is 17.0. The van der Waals surface area contributed by atoms with Gasteiger partial charge in [0.25, 0.3) is 0 Å². The Labute approximate surface area is 144 Å². The summed E-state index contributed by atoms with van der Waals surface area (Å²) in [5.74, 6) is 1.64. The molecule has 0 N–H and O–H groups in total. The van der Waals surface area contributed by atoms with Crippen LogP contribution in [0.2, 0.25) is 0 Å². The van der Waals surface area contributed by atoms with Gasteiger partial charge in [-0.25, -0.2) is 0 Å². The summed E-state index contributed by atoms with van der Waals surface area (Å²) < 4.78 is 6.67. The van der Waals surface area contributed by atoms with Gasteiger partial charge in [-0.05, 0) is 37.5 Å². The van der Waals surface area contributed by atoms with Crippen LogP contribution in [0, 0.1) is 29.6 Å². The molecule has 3 heteroatoms. The van der Waals surface area contributed by atoms with Gasteiger partial charge in [-0.1, -0.05) is 55.4 Å². The molecule has 1 fully saturated rings. The maximum atomic E-state index is 13.5. The van der Waals surface area contributed by atoms with E-state index in [2.05, 4.69) is 74.1 Å². The molecule has 0 aromatic heterocycles. The molecular weight excluding hydrogens is 286 g/mol. The first-order valence-electron chi connectivity index (χ1n) is 9.48. The number of carbonyl (C=O) groups is 1. The minimum absolute atomic E-state index is 0.0000926. The Hall–Kier alpha value is -0.570. The smallest absolute Gasteiger partial charge is 0.229 e. The van der Waals surface area contributed by atoms with Gasteiger partial charge < -0.3 is 9.64 Å². The maximum Gasteiger partial charge on any atom is 0.229 e. The highest BCUT2D eigenvalue weighted by atomic mass is 16.5. The van der Waals surface area contributed by atoms with Gasteiger partial charge in [0, 0.05) is 6.04 Å². The predicted octanol–water partition coefficient (Wildman–Crippen LogP) is 4.60. The van der Waals surface area contributed by atoms with Crippen molar-refractivity contribution in [2.24, 2.45) is 29.6 Å². The highest BCUT2D eigenvalue weighted by molar-refractivity contribution is 5.81. The van der Waals surface area contributed by atoms with E-state index in [1.165, 1.54) is 0 Å². The van der Waals surface area contributed by atoms with Crippen molar-refractivity contribution in [2.75, 3.05) is 0 Å². The van der Waals surface area contributed by atoms with Crippen LogP contribution in [-0.2, 0) is 9.53 Å². The van der Waals surface area contributed by atoms with Crippen LogP contribution in [0.15, 0.2) is 0 Å². The fourth-order valence-corrected chi connectivity index (χ4v) is 4.05. The minimum Gasteiger partial charge on any atom is -0.371 e. The summed E-state index contributed by atoms with van der Waals surface area (Å²) in [4.78, 5) is 15.6. The second kappa shape index (κ2) is 8.00. The number of carbonyl (C=O) groups excluding carboxylic acids is 1. The number of rotatable bonds is 5. The number of amides is 1. The van der Waals surface area contributed by atoms with Crippen molar-refractivity contribution in [3.05, 3.63) is 0 Å². The fraction of sp³-hybridized carbons (Fsp3) is 0.950. The lowest BCUT2D eigenvalue weighted by Crippen LogP contribution is -2.54. The van der Waals surface area contributed by atoms with Gasteiger partial charge in [0.05, 0.1) is 24.2 Å². The summed E-state index contributed by atoms with van der Waals surface area (Å²) in [6.07, 6.45) is 0.0948. The van der Waals surface area contributed by atoms with Gasteiger partial charge in [-0.3, -0.25) is 4.79 Å². The molecule has 0 spiro atoms. The Morgan fingerprint density at radius 2 is 1.22 bits per heavy atom. The van der Waals surface area contributed by atoms with Crippen LogP contribution in [0.1, 0.15) is 69.2 Å². The molecule has 1 aliphatic rings. The topological polar surface area (TPSA) is 29.5 Å². The monoisotopic (exact) mass is 325 g/mol. The molecule has 0 aromatic rings. The van der Waals surface area contributed by atoms with Crippen LogP contribution in [0.3, 0.4) is 0 Å². The van der Waals surface area contributed by atoms with E-state index in [-0.39, 0.29) is 42.0 Å². The third-order valence-electron chi connectivity index (χ3n) is 5.14. The Morgan fingerprint density at radius 1 is 0.739 bits per heavy atom. The first-order chi connectivity index (χ1) is 10.5. The summed E-state index contributed by atoms with van der Waals surface area (Å²) in [7, 11) is 0. The third-order valence-corrected chi connectivity index (χ3v) is 5.14. The van der Waals surface area contributed by atoms with E-state index in [4.69, 9.17) is 4.74 Å². The first kappa shape index (κ1) is 20.5. The standard InChI is InChI=1S/C20H39NO2/c1-11(2)16-18(13(5)6)23-19(14(7)8)17(12(3)4)21(15(9)10)20(16)22/h11-19H,1-10H3. The van der Waals surface area contributed by atoms with Crippen LogP contribution >= 0.6 is 0 Å². The highest BCUT2D eigenvalue weighted by Crippen LogP contribution is 2.37. The Morgan fingerprint density at radius 3 is 1.52 bits per heavy atom. The average molecular weight is 326 g/mol. The van der Waals surface area contributed by atoms with E-state index < -0.39 is 0 Å². The van der Waals surface area contributed by atoms with Crippen molar-refractivity contribution in [1.82, 2.24) is 4.90 Å². The lowest BCUT2D eigenvalue weighted by Gasteiger charge is -2.41. The molecule has 1 heterocycles. The van der Waals surface area contributed by atoms with Gasteiger partial charge in [-0.15, -0.1) is 0 Å². The second-order valence-electron chi connectivity index (χ2n) is 8.90. The SMILES string of the molecule is CC(C)C1OC(C(C)C)C(C(C)C)N(C(C)C)C(=O)C1C(C)C. The van der Waals surface area contributed by atoms with Gasteiger partial charge in [0.15, 0.2) is 0 Å². The zero-order valence-electron chi connectivity index (χ0n) is 17.0. The van der Waals surface area contributed by atoms with E-state index in [9.17, 15) is 4.79 Å². The lowest BCUT2D eigenvalue weighted by atomic mass is 9.83. The minimum atomic E-state index is -0.0533. The van der Waals surface area contributed by atoms with Crippen molar-refractivity contribution in [3.63, 3.8) is 0 Å². The highest BCUT2D eigenvalue weighted by Gasteiger charge is 2.48. The molecule has 3 nitrogen and oxygen atoms in total. The van der Waals surface area contributed by atoms with E-state index in [0.717, 1.165) is 0 Å². The van der Waals surface area contributed by atoms with Gasteiger partial charge >= 0.3 is 0 Å². The molecule has 23 heavy (non-hydrogen) atoms. The van der Waals surface area contributed by atoms with Gasteiger partial charge in [0.2, 0.25) is 5.91 Å². The average Bonchev–Trinajstić information content (AvgIpc) is 2.52. The zero-order chi connectivity index (χ0) is 18.1. The quantitative estimate of drug-likeness (QED) is 0.739. The molecule has 0 aromatic carbocycles. The molecule has 1 amide bonds. The van der Waals surface area contributed by atoms with Gasteiger partial charge in [-0.2, -0.15) is 0 Å². The molecule has 0 aliphatic carbocycles. The van der Waals surface area contributed by atoms with E-state index >= 15 is 0 Å². The fourth-order valence-electron chi connectivity index (χ4n) is 4.05. The largest absolute Gasteiger partial charge is 0.371 e. The van der Waals surface area contributed by atoms with Crippen molar-refractivity contribution in [1.29, 1.82) is 0 Å². The molecule has 1 aliphatic heterocycles. The second-order valence-corrected chi connectivity index (χ2v) is 8.90. The summed E-state index contributed by atoms with van der Waals surface area (Å²) in [5, 5.41) is 0. The molecule has 1 rings (SSSR count). The van der Waals surface area contributed by atoms with Crippen molar-refractivity contribution in [3.8, 4) is 0 Å². The molecule has 4 atom stereocenters. The molecule has 4 unspecified atom stereocenters. The van der Waals surface area contributed by atoms with Crippen molar-refractivity contribution in [2.45, 2.75) is 93.5 Å². The van der Waals surface area contributed by atoms with Gasteiger partial charge in [0.1, 0.15) is 0 Å². The summed E-state index contributed by atoms with van der Waals surface area (Å²) >= 11 is 0. The van der Waals surface area contributed by atoms with Crippen LogP contribution in [-0.4, -0.2) is 35.1 Å². The molecule has 0 saturated carbocycles. The van der Waals surface area contributed by atoms with E-state index in [0.29, 0.717) is 17.8 Å². The summed E-state index contributed by atoms with van der Waals surface area (Å²) in [5.41, 5.74) is 0. The number of nitrogens with zero attached hydrogens (tertiary/aromatic N) is 1. The Kier molecular flexibility index (Phi) is 7.12. The van der Waals surface area contributed by atoms with E-state index in [1.807, 2.05) is 0 Å². The molecule has 0 bridgehead atoms. The first-order valence-corrected chi connectivity index (χ1v) is 9.48. The molecule has 136 valence electrons. The maximum absolute atomic E-state index is 13.5. The van der Waals surface area contributed by atoms with Crippen LogP contribution in [0.4, 0.5) is 0 Å². The summed E-state index contributed by atoms with van der Waals surface area (Å²) in [6, 6.07) is 0.347. The van der Waals surface area contributed by atoms with Crippen LogP contribution in [0.25, 0.3) is 0 Å². The normalized spacial score (nSPS) is 30.2. The van der Waals surface area contributed by atoms with E-state index in [1.54, 1.807) is 0 Å². The summed E-state index contributed by atoms with van der Waals surface area (Å²) in [6.45, 7) is 21.8. The predicted molar refractivity (Wildman–Crippen MR) is 97.3 cm³/mol.